The summed E-state index contributed by atoms with van der Waals surface area (Å²) in [5.74, 6) is 0. The van der Waals surface area contributed by atoms with Gasteiger partial charge in [-0.25, -0.2) is 0 Å². The van der Waals surface area contributed by atoms with E-state index in [1.165, 1.54) is 72.0 Å². The van der Waals surface area contributed by atoms with E-state index in [-0.39, 0.29) is 5.41 Å². The Balaban J connectivity index is 1.07. The summed E-state index contributed by atoms with van der Waals surface area (Å²) >= 11 is 0. The zero-order valence-corrected chi connectivity index (χ0v) is 29.9. The molecule has 53 heavy (non-hydrogen) atoms. The van der Waals surface area contributed by atoms with Crippen LogP contribution in [-0.2, 0) is 5.41 Å². The van der Waals surface area contributed by atoms with Crippen molar-refractivity contribution in [1.29, 1.82) is 0 Å². The van der Waals surface area contributed by atoms with Gasteiger partial charge in [-0.1, -0.05) is 141 Å². The van der Waals surface area contributed by atoms with Gasteiger partial charge in [0.05, 0.1) is 16.7 Å². The fraction of sp³-hybridized carbons (Fsp3) is 0.0588. The molecular formula is C51H38N2. The van der Waals surface area contributed by atoms with Crippen molar-refractivity contribution in [3.63, 3.8) is 0 Å². The maximum Gasteiger partial charge on any atom is 0.0541 e. The minimum absolute atomic E-state index is 0.0326. The molecule has 0 spiro atoms. The normalized spacial score (nSPS) is 12.9. The van der Waals surface area contributed by atoms with Crippen LogP contribution in [-0.4, -0.2) is 4.57 Å². The maximum absolute atomic E-state index is 2.40. The van der Waals surface area contributed by atoms with E-state index < -0.39 is 0 Å². The van der Waals surface area contributed by atoms with E-state index >= 15 is 0 Å². The van der Waals surface area contributed by atoms with Gasteiger partial charge in [0, 0.05) is 38.8 Å². The van der Waals surface area contributed by atoms with Gasteiger partial charge in [0.15, 0.2) is 0 Å². The van der Waals surface area contributed by atoms with Crippen LogP contribution in [0.5, 0.6) is 0 Å². The summed E-state index contributed by atoms with van der Waals surface area (Å²) in [4.78, 5) is 2.39. The molecule has 1 heterocycles. The number of para-hydroxylation sites is 4. The van der Waals surface area contributed by atoms with Gasteiger partial charge in [-0.15, -0.1) is 0 Å². The molecule has 1 aromatic heterocycles. The molecule has 1 aliphatic carbocycles. The van der Waals surface area contributed by atoms with E-state index in [1.807, 2.05) is 0 Å². The molecule has 10 rings (SSSR count). The summed E-state index contributed by atoms with van der Waals surface area (Å²) in [5.41, 5.74) is 17.2. The molecule has 2 nitrogen and oxygen atoms in total. The first-order chi connectivity index (χ1) is 26.1. The molecular weight excluding hydrogens is 641 g/mol. The first-order valence-electron chi connectivity index (χ1n) is 18.4. The van der Waals surface area contributed by atoms with Crippen molar-refractivity contribution in [3.05, 3.63) is 205 Å². The molecule has 0 N–H and O–H groups in total. The third-order valence-electron chi connectivity index (χ3n) is 11.2. The van der Waals surface area contributed by atoms with Crippen molar-refractivity contribution in [3.8, 4) is 39.1 Å². The molecule has 0 aliphatic heterocycles. The first kappa shape index (κ1) is 31.1. The molecule has 0 amide bonds. The van der Waals surface area contributed by atoms with Crippen molar-refractivity contribution in [2.24, 2.45) is 0 Å². The standard InChI is InChI=1S/C51H38N2/c1-51(2)46-22-12-9-20-42(46)43-31-27-36(34-47(43)51)35-25-29-40(30-26-35)52(38-15-5-3-6-16-38)48-23-13-10-19-41(48)37-28-32-50-45(33-37)44-21-11-14-24-49(44)53(50)39-17-7-4-8-18-39/h3-34H,1-2H3. The summed E-state index contributed by atoms with van der Waals surface area (Å²) in [6, 6.07) is 70.7. The molecule has 252 valence electrons. The average molecular weight is 679 g/mol. The molecule has 0 fully saturated rings. The van der Waals surface area contributed by atoms with Gasteiger partial charge in [0.25, 0.3) is 0 Å². The fourth-order valence-corrected chi connectivity index (χ4v) is 8.60. The molecule has 0 saturated heterocycles. The third kappa shape index (κ3) is 5.02. The van der Waals surface area contributed by atoms with E-state index in [0.29, 0.717) is 0 Å². The lowest BCUT2D eigenvalue weighted by molar-refractivity contribution is 0.660. The quantitative estimate of drug-likeness (QED) is 0.170. The molecule has 9 aromatic rings. The van der Waals surface area contributed by atoms with Crippen molar-refractivity contribution in [1.82, 2.24) is 4.57 Å². The van der Waals surface area contributed by atoms with Gasteiger partial charge in [0.1, 0.15) is 0 Å². The summed E-state index contributed by atoms with van der Waals surface area (Å²) in [7, 11) is 0. The van der Waals surface area contributed by atoms with Gasteiger partial charge in [-0.05, 0) is 106 Å². The lowest BCUT2D eigenvalue weighted by atomic mass is 9.81. The molecule has 0 radical (unpaired) electrons. The molecule has 1 aliphatic rings. The summed E-state index contributed by atoms with van der Waals surface area (Å²) in [6.07, 6.45) is 0. The Hall–Kier alpha value is -6.64. The Bertz CT molecular complexity index is 2790. The Kier molecular flexibility index (Phi) is 7.19. The molecule has 0 atom stereocenters. The fourth-order valence-electron chi connectivity index (χ4n) is 8.60. The highest BCUT2D eigenvalue weighted by molar-refractivity contribution is 6.11. The average Bonchev–Trinajstić information content (AvgIpc) is 3.67. The lowest BCUT2D eigenvalue weighted by Gasteiger charge is -2.28. The van der Waals surface area contributed by atoms with E-state index in [2.05, 4.69) is 217 Å². The summed E-state index contributed by atoms with van der Waals surface area (Å²) in [6.45, 7) is 4.69. The van der Waals surface area contributed by atoms with Crippen LogP contribution in [0.1, 0.15) is 25.0 Å². The number of hydrogen-bond acceptors (Lipinski definition) is 1. The summed E-state index contributed by atoms with van der Waals surface area (Å²) in [5, 5.41) is 2.49. The second-order valence-electron chi connectivity index (χ2n) is 14.6. The van der Waals surface area contributed by atoms with Crippen molar-refractivity contribution >= 4 is 38.9 Å². The number of anilines is 3. The second kappa shape index (κ2) is 12.3. The highest BCUT2D eigenvalue weighted by atomic mass is 15.1. The molecule has 0 unspecified atom stereocenters. The van der Waals surface area contributed by atoms with E-state index in [4.69, 9.17) is 0 Å². The minimum atomic E-state index is -0.0326. The number of nitrogens with zero attached hydrogens (tertiary/aromatic N) is 2. The van der Waals surface area contributed by atoms with Crippen LogP contribution in [0.25, 0.3) is 60.9 Å². The second-order valence-corrected chi connectivity index (χ2v) is 14.6. The van der Waals surface area contributed by atoms with E-state index in [1.54, 1.807) is 0 Å². The minimum Gasteiger partial charge on any atom is -0.310 e. The van der Waals surface area contributed by atoms with Gasteiger partial charge < -0.3 is 9.47 Å². The van der Waals surface area contributed by atoms with Gasteiger partial charge >= 0.3 is 0 Å². The maximum atomic E-state index is 2.40. The molecule has 8 aromatic carbocycles. The summed E-state index contributed by atoms with van der Waals surface area (Å²) < 4.78 is 2.37. The number of benzene rings is 8. The van der Waals surface area contributed by atoms with Crippen LogP contribution in [0.3, 0.4) is 0 Å². The lowest BCUT2D eigenvalue weighted by Crippen LogP contribution is -2.14. The monoisotopic (exact) mass is 678 g/mol. The molecule has 2 heteroatoms. The van der Waals surface area contributed by atoms with Crippen molar-refractivity contribution in [2.75, 3.05) is 4.90 Å². The zero-order valence-electron chi connectivity index (χ0n) is 29.9. The van der Waals surface area contributed by atoms with Gasteiger partial charge in [-0.3, -0.25) is 0 Å². The molecule has 0 saturated carbocycles. The first-order valence-corrected chi connectivity index (χ1v) is 18.4. The number of rotatable bonds is 6. The highest BCUT2D eigenvalue weighted by Gasteiger charge is 2.35. The topological polar surface area (TPSA) is 8.17 Å². The van der Waals surface area contributed by atoms with Crippen LogP contribution in [0, 0.1) is 0 Å². The largest absolute Gasteiger partial charge is 0.310 e. The van der Waals surface area contributed by atoms with Crippen molar-refractivity contribution in [2.45, 2.75) is 19.3 Å². The van der Waals surface area contributed by atoms with Crippen LogP contribution >= 0.6 is 0 Å². The van der Waals surface area contributed by atoms with Gasteiger partial charge in [0.2, 0.25) is 0 Å². The van der Waals surface area contributed by atoms with Crippen LogP contribution in [0.4, 0.5) is 17.1 Å². The third-order valence-corrected chi connectivity index (χ3v) is 11.2. The Labute approximate surface area is 310 Å². The van der Waals surface area contributed by atoms with Crippen LogP contribution in [0.2, 0.25) is 0 Å². The number of aromatic nitrogens is 1. The number of fused-ring (bicyclic) bond motifs is 6. The highest BCUT2D eigenvalue weighted by Crippen LogP contribution is 2.50. The molecule has 0 bridgehead atoms. The zero-order chi connectivity index (χ0) is 35.5. The Morgan fingerprint density at radius 1 is 0.396 bits per heavy atom. The Morgan fingerprint density at radius 2 is 0.981 bits per heavy atom. The van der Waals surface area contributed by atoms with Crippen LogP contribution in [0.15, 0.2) is 194 Å². The predicted octanol–water partition coefficient (Wildman–Crippen LogP) is 13.9. The van der Waals surface area contributed by atoms with Gasteiger partial charge in [-0.2, -0.15) is 0 Å². The van der Waals surface area contributed by atoms with Crippen molar-refractivity contribution < 1.29 is 0 Å². The number of hydrogen-bond donors (Lipinski definition) is 0. The smallest absolute Gasteiger partial charge is 0.0541 e. The van der Waals surface area contributed by atoms with E-state index in [9.17, 15) is 0 Å². The Morgan fingerprint density at radius 3 is 1.79 bits per heavy atom. The van der Waals surface area contributed by atoms with Crippen LogP contribution < -0.4 is 4.90 Å². The SMILES string of the molecule is CC1(C)c2ccccc2-c2ccc(-c3ccc(N(c4ccccc4)c4ccccc4-c4ccc5c(c4)c4ccccc4n5-c4ccccc4)cc3)cc21. The predicted molar refractivity (Wildman–Crippen MR) is 224 cm³/mol. The van der Waals surface area contributed by atoms with E-state index in [0.717, 1.165) is 17.1 Å².